The molecule has 3 heterocycles. The van der Waals surface area contributed by atoms with Crippen molar-refractivity contribution in [3.05, 3.63) is 28.2 Å². The fraction of sp³-hybridized carbons (Fsp3) is 0.100. The molecule has 2 aliphatic heterocycles. The largest absolute Gasteiger partial charge is 0.476 e. The van der Waals surface area contributed by atoms with Crippen LogP contribution in [0.2, 0.25) is 0 Å². The Labute approximate surface area is 95.1 Å². The molecule has 5 nitrogen and oxygen atoms in total. The molecule has 1 aromatic heterocycles. The van der Waals surface area contributed by atoms with Crippen LogP contribution >= 0.6 is 11.3 Å². The van der Waals surface area contributed by atoms with Gasteiger partial charge in [0, 0.05) is 6.21 Å². The zero-order valence-electron chi connectivity index (χ0n) is 8.12. The number of fused-ring (bicyclic) bond motifs is 3. The fourth-order valence-electron chi connectivity index (χ4n) is 1.75. The second kappa shape index (κ2) is 3.28. The Kier molecular flexibility index (Phi) is 1.90. The van der Waals surface area contributed by atoms with Gasteiger partial charge in [-0.1, -0.05) is 0 Å². The van der Waals surface area contributed by atoms with Gasteiger partial charge in [-0.15, -0.1) is 11.3 Å². The van der Waals surface area contributed by atoms with E-state index >= 15 is 0 Å². The molecule has 3 rings (SSSR count). The highest BCUT2D eigenvalue weighted by Crippen LogP contribution is 2.32. The van der Waals surface area contributed by atoms with Crippen LogP contribution in [0.4, 0.5) is 5.69 Å². The van der Waals surface area contributed by atoms with Crippen LogP contribution in [0.25, 0.3) is 0 Å². The Bertz CT molecular complexity index is 556. The predicted molar refractivity (Wildman–Crippen MR) is 62.4 cm³/mol. The number of aliphatic imine (C=N–C) groups is 2. The Morgan fingerprint density at radius 1 is 1.56 bits per heavy atom. The van der Waals surface area contributed by atoms with Gasteiger partial charge in [0.2, 0.25) is 0 Å². The third kappa shape index (κ3) is 1.20. The molecule has 0 saturated heterocycles. The average molecular weight is 233 g/mol. The Hall–Kier alpha value is -1.95. The van der Waals surface area contributed by atoms with Crippen LogP contribution < -0.4 is 4.90 Å². The lowest BCUT2D eigenvalue weighted by molar-refractivity contribution is -0.129. The van der Waals surface area contributed by atoms with Gasteiger partial charge in [0.1, 0.15) is 6.67 Å². The van der Waals surface area contributed by atoms with E-state index in [0.717, 1.165) is 10.6 Å². The zero-order valence-corrected chi connectivity index (χ0v) is 8.94. The number of anilines is 1. The van der Waals surface area contributed by atoms with Crippen LogP contribution in [0, 0.1) is 0 Å². The van der Waals surface area contributed by atoms with Crippen LogP contribution in [0.5, 0.6) is 0 Å². The van der Waals surface area contributed by atoms with Crippen LogP contribution in [0.3, 0.4) is 0 Å². The van der Waals surface area contributed by atoms with Crippen molar-refractivity contribution in [3.63, 3.8) is 0 Å². The average Bonchev–Trinajstić information content (AvgIpc) is 2.82. The summed E-state index contributed by atoms with van der Waals surface area (Å²) in [5.41, 5.74) is 1.61. The van der Waals surface area contributed by atoms with Crippen molar-refractivity contribution in [1.82, 2.24) is 0 Å². The van der Waals surface area contributed by atoms with Gasteiger partial charge in [-0.25, -0.2) is 4.79 Å². The molecule has 0 radical (unpaired) electrons. The highest BCUT2D eigenvalue weighted by Gasteiger charge is 2.30. The van der Waals surface area contributed by atoms with Crippen LogP contribution in [0.1, 0.15) is 4.88 Å². The molecule has 6 heteroatoms. The summed E-state index contributed by atoms with van der Waals surface area (Å²) < 4.78 is 0. The number of aliphatic carboxylic acids is 1. The Balaban J connectivity index is 2.10. The van der Waals surface area contributed by atoms with Crippen molar-refractivity contribution >= 4 is 34.9 Å². The van der Waals surface area contributed by atoms with Crippen molar-refractivity contribution < 1.29 is 9.90 Å². The summed E-state index contributed by atoms with van der Waals surface area (Å²) in [7, 11) is 0. The van der Waals surface area contributed by atoms with Crippen molar-refractivity contribution in [2.24, 2.45) is 9.98 Å². The maximum Gasteiger partial charge on any atom is 0.356 e. The molecule has 0 amide bonds. The van der Waals surface area contributed by atoms with E-state index in [1.807, 2.05) is 16.3 Å². The molecule has 80 valence electrons. The maximum absolute atomic E-state index is 11.0. The molecular weight excluding hydrogens is 226 g/mol. The number of thiophene rings is 1. The van der Waals surface area contributed by atoms with Crippen molar-refractivity contribution in [3.8, 4) is 0 Å². The molecule has 0 bridgehead atoms. The van der Waals surface area contributed by atoms with Gasteiger partial charge >= 0.3 is 5.97 Å². The first kappa shape index (κ1) is 9.29. The molecule has 16 heavy (non-hydrogen) atoms. The Morgan fingerprint density at radius 2 is 2.44 bits per heavy atom. The molecule has 0 unspecified atom stereocenters. The highest BCUT2D eigenvalue weighted by atomic mass is 32.1. The summed E-state index contributed by atoms with van der Waals surface area (Å²) in [6.07, 6.45) is 3.29. The first-order chi connectivity index (χ1) is 7.77. The molecule has 0 saturated carbocycles. The van der Waals surface area contributed by atoms with Crippen LogP contribution in [-0.4, -0.2) is 29.7 Å². The molecule has 1 N–H and O–H groups in total. The zero-order chi connectivity index (χ0) is 11.1. The topological polar surface area (TPSA) is 65.3 Å². The lowest BCUT2D eigenvalue weighted by Crippen LogP contribution is -2.23. The minimum absolute atomic E-state index is 0.0798. The van der Waals surface area contributed by atoms with Gasteiger partial charge in [0.25, 0.3) is 0 Å². The van der Waals surface area contributed by atoms with E-state index < -0.39 is 5.97 Å². The highest BCUT2D eigenvalue weighted by molar-refractivity contribution is 7.12. The van der Waals surface area contributed by atoms with Gasteiger partial charge < -0.3 is 10.0 Å². The second-order valence-electron chi connectivity index (χ2n) is 3.34. The lowest BCUT2D eigenvalue weighted by Gasteiger charge is -2.16. The normalized spacial score (nSPS) is 17.4. The Morgan fingerprint density at radius 3 is 3.25 bits per heavy atom. The fourth-order valence-corrected chi connectivity index (χ4v) is 2.51. The van der Waals surface area contributed by atoms with E-state index in [1.54, 1.807) is 23.8 Å². The smallest absolute Gasteiger partial charge is 0.356 e. The van der Waals surface area contributed by atoms with Crippen LogP contribution in [-0.2, 0) is 4.79 Å². The summed E-state index contributed by atoms with van der Waals surface area (Å²) in [5, 5.41) is 11.0. The third-order valence-electron chi connectivity index (χ3n) is 2.46. The summed E-state index contributed by atoms with van der Waals surface area (Å²) in [4.78, 5) is 22.0. The van der Waals surface area contributed by atoms with Gasteiger partial charge in [-0.3, -0.25) is 9.98 Å². The summed E-state index contributed by atoms with van der Waals surface area (Å²) in [6.45, 7) is 0.348. The monoisotopic (exact) mass is 233 g/mol. The maximum atomic E-state index is 11.0. The van der Waals surface area contributed by atoms with Gasteiger partial charge in [-0.05, 0) is 11.4 Å². The summed E-state index contributed by atoms with van der Waals surface area (Å²) in [5.74, 6) is -1.01. The van der Waals surface area contributed by atoms with E-state index in [2.05, 4.69) is 9.98 Å². The number of carboxylic acids is 1. The molecule has 1 aromatic rings. The van der Waals surface area contributed by atoms with Crippen molar-refractivity contribution in [1.29, 1.82) is 0 Å². The quantitative estimate of drug-likeness (QED) is 0.795. The summed E-state index contributed by atoms with van der Waals surface area (Å²) >= 11 is 1.57. The third-order valence-corrected chi connectivity index (χ3v) is 3.30. The summed E-state index contributed by atoms with van der Waals surface area (Å²) in [6, 6.07) is 1.95. The molecule has 0 spiro atoms. The number of rotatable bonds is 1. The van der Waals surface area contributed by atoms with Crippen molar-refractivity contribution in [2.45, 2.75) is 0 Å². The predicted octanol–water partition coefficient (Wildman–Crippen LogP) is 1.33. The van der Waals surface area contributed by atoms with E-state index in [-0.39, 0.29) is 5.71 Å². The number of nitrogens with zero attached hydrogens (tertiary/aromatic N) is 3. The van der Waals surface area contributed by atoms with Crippen LogP contribution in [0.15, 0.2) is 33.3 Å². The van der Waals surface area contributed by atoms with E-state index in [0.29, 0.717) is 12.4 Å². The van der Waals surface area contributed by atoms with E-state index in [4.69, 9.17) is 5.11 Å². The minimum Gasteiger partial charge on any atom is -0.476 e. The second-order valence-corrected chi connectivity index (χ2v) is 4.29. The number of carbonyl (C=O) groups is 1. The molecule has 0 aromatic carbocycles. The molecular formula is C10H7N3O2S. The minimum atomic E-state index is -1.01. The molecule has 0 fully saturated rings. The molecule has 0 atom stereocenters. The van der Waals surface area contributed by atoms with Gasteiger partial charge in [0.05, 0.1) is 22.5 Å². The molecule has 0 aliphatic carbocycles. The van der Waals surface area contributed by atoms with Crippen molar-refractivity contribution in [2.75, 3.05) is 11.6 Å². The van der Waals surface area contributed by atoms with Gasteiger partial charge in [-0.2, -0.15) is 0 Å². The standard InChI is InChI=1S/C10H7N3O2S/c14-10(15)9-7-3-11-4-8-6(1-2-16-8)13(7)5-12-9/h1-4H,5H2,(H,14,15). The van der Waals surface area contributed by atoms with E-state index in [1.165, 1.54) is 0 Å². The first-order valence-electron chi connectivity index (χ1n) is 4.64. The van der Waals surface area contributed by atoms with E-state index in [9.17, 15) is 4.79 Å². The number of carboxylic acid groups (broad SMARTS) is 1. The van der Waals surface area contributed by atoms with Gasteiger partial charge in [0.15, 0.2) is 5.71 Å². The lowest BCUT2D eigenvalue weighted by atomic mass is 10.2. The number of hydrogen-bond donors (Lipinski definition) is 1. The SMILES string of the molecule is O=C(O)C1=NCN2C1=CN=Cc1sccc12. The number of hydrogen-bond acceptors (Lipinski definition) is 5. The molecule has 2 aliphatic rings. The first-order valence-corrected chi connectivity index (χ1v) is 5.52.